The van der Waals surface area contributed by atoms with Crippen LogP contribution in [0.25, 0.3) is 0 Å². The summed E-state index contributed by atoms with van der Waals surface area (Å²) in [5.41, 5.74) is 1.38. The number of halogens is 1. The van der Waals surface area contributed by atoms with Gasteiger partial charge < -0.3 is 16.0 Å². The maximum Gasteiger partial charge on any atom is 0.322 e. The van der Waals surface area contributed by atoms with E-state index >= 15 is 0 Å². The van der Waals surface area contributed by atoms with Crippen LogP contribution in [0.4, 0.5) is 14.9 Å². The number of hydrogen-bond acceptors (Lipinski definition) is 6. The average Bonchev–Trinajstić information content (AvgIpc) is 3.40. The highest BCUT2D eigenvalue weighted by atomic mass is 19.1. The van der Waals surface area contributed by atoms with E-state index in [0.29, 0.717) is 5.69 Å². The van der Waals surface area contributed by atoms with E-state index in [1.54, 1.807) is 6.07 Å². The van der Waals surface area contributed by atoms with Gasteiger partial charge in [0.15, 0.2) is 5.71 Å². The van der Waals surface area contributed by atoms with Gasteiger partial charge in [0.2, 0.25) is 0 Å². The van der Waals surface area contributed by atoms with Gasteiger partial charge in [0, 0.05) is 0 Å². The van der Waals surface area contributed by atoms with E-state index in [-0.39, 0.29) is 18.2 Å². The van der Waals surface area contributed by atoms with E-state index in [9.17, 15) is 18.8 Å². The van der Waals surface area contributed by atoms with Crippen LogP contribution in [0.2, 0.25) is 0 Å². The van der Waals surface area contributed by atoms with Gasteiger partial charge in [-0.25, -0.2) is 9.18 Å². The number of anilines is 1. The molecular formula is C16H17FN6O3. The zero-order chi connectivity index (χ0) is 18.7. The van der Waals surface area contributed by atoms with Gasteiger partial charge in [-0.1, -0.05) is 6.07 Å². The number of rotatable bonds is 7. The lowest BCUT2D eigenvalue weighted by Crippen LogP contribution is -2.57. The summed E-state index contributed by atoms with van der Waals surface area (Å²) in [6.45, 7) is -0.110. The highest BCUT2D eigenvalue weighted by Gasteiger charge is 2.56. The molecule has 0 spiro atoms. The Kier molecular flexibility index (Phi) is 4.65. The Morgan fingerprint density at radius 3 is 2.77 bits per heavy atom. The second-order valence-electron chi connectivity index (χ2n) is 6.10. The van der Waals surface area contributed by atoms with Crippen LogP contribution in [-0.4, -0.2) is 41.9 Å². The molecule has 10 heteroatoms. The van der Waals surface area contributed by atoms with Crippen molar-refractivity contribution >= 4 is 35.5 Å². The summed E-state index contributed by atoms with van der Waals surface area (Å²) in [6, 6.07) is 4.87. The Morgan fingerprint density at radius 2 is 2.19 bits per heavy atom. The Hall–Kier alpha value is -3.30. The van der Waals surface area contributed by atoms with Crippen LogP contribution in [0.5, 0.6) is 0 Å². The third-order valence-corrected chi connectivity index (χ3v) is 4.27. The molecular weight excluding hydrogens is 343 g/mol. The summed E-state index contributed by atoms with van der Waals surface area (Å²) in [6.07, 6.45) is 2.28. The fraction of sp³-hybridized carbons (Fsp3) is 0.312. The second-order valence-corrected chi connectivity index (χ2v) is 6.10. The lowest BCUT2D eigenvalue weighted by Gasteiger charge is -2.26. The zero-order valence-corrected chi connectivity index (χ0v) is 13.6. The number of urea groups is 1. The van der Waals surface area contributed by atoms with Gasteiger partial charge in [0.1, 0.15) is 11.4 Å². The number of hydrogen-bond donors (Lipinski definition) is 5. The topological polar surface area (TPSA) is 136 Å². The van der Waals surface area contributed by atoms with Crippen LogP contribution in [0.1, 0.15) is 12.8 Å². The molecule has 1 saturated heterocycles. The van der Waals surface area contributed by atoms with E-state index in [1.165, 1.54) is 18.2 Å². The number of carbonyl (C=O) groups is 3. The van der Waals surface area contributed by atoms with E-state index in [1.807, 2.05) is 0 Å². The number of nitrogens with zero attached hydrogens (tertiary/aromatic N) is 1. The van der Waals surface area contributed by atoms with Crippen molar-refractivity contribution in [2.75, 3.05) is 12.0 Å². The minimum Gasteiger partial charge on any atom is -0.348 e. The molecule has 0 bridgehead atoms. The maximum absolute atomic E-state index is 13.1. The molecule has 136 valence electrons. The number of carbonyl (C=O) groups excluding carboxylic acids is 3. The molecule has 4 amide bonds. The summed E-state index contributed by atoms with van der Waals surface area (Å²) in [4.78, 5) is 35.8. The quantitative estimate of drug-likeness (QED) is 0.272. The van der Waals surface area contributed by atoms with Crippen LogP contribution in [0.15, 0.2) is 29.4 Å². The minimum atomic E-state index is -1.17. The van der Waals surface area contributed by atoms with Crippen LogP contribution >= 0.6 is 0 Å². The zero-order valence-electron chi connectivity index (χ0n) is 13.6. The standard InChI is InChI=1S/C16H17FN6O3/c17-10-2-1-3-11(6-10)22-23-12(7-18)13(24)19-8-16(9-4-5-9)14(25)20-15(26)21-16/h1-3,6-7,9,18,22H,4-5,8H2,(H,19,24)(H2,20,21,25,26)/b18-7?,23-12+/t16-/m0/s1. The maximum atomic E-state index is 13.1. The van der Waals surface area contributed by atoms with Gasteiger partial charge in [-0.3, -0.25) is 20.3 Å². The molecule has 0 unspecified atom stereocenters. The smallest absolute Gasteiger partial charge is 0.322 e. The van der Waals surface area contributed by atoms with Crippen molar-refractivity contribution in [3.63, 3.8) is 0 Å². The molecule has 1 atom stereocenters. The van der Waals surface area contributed by atoms with Crippen molar-refractivity contribution < 1.29 is 18.8 Å². The first-order valence-corrected chi connectivity index (χ1v) is 7.96. The first-order chi connectivity index (χ1) is 12.4. The molecule has 1 saturated carbocycles. The monoisotopic (exact) mass is 360 g/mol. The first-order valence-electron chi connectivity index (χ1n) is 7.96. The van der Waals surface area contributed by atoms with E-state index in [0.717, 1.165) is 19.1 Å². The molecule has 1 aromatic carbocycles. The highest BCUT2D eigenvalue weighted by Crippen LogP contribution is 2.40. The number of benzene rings is 1. The third kappa shape index (κ3) is 3.53. The predicted octanol–water partition coefficient (Wildman–Crippen LogP) is 0.348. The number of imide groups is 1. The van der Waals surface area contributed by atoms with E-state index in [4.69, 9.17) is 5.41 Å². The summed E-state index contributed by atoms with van der Waals surface area (Å²) in [5.74, 6) is -1.69. The molecule has 1 aromatic rings. The SMILES string of the molecule is N=C/C(=N\Nc1cccc(F)c1)C(=O)NC[C@@]1(C2CC2)NC(=O)NC1=O. The van der Waals surface area contributed by atoms with Crippen LogP contribution in [0, 0.1) is 17.1 Å². The summed E-state index contributed by atoms with van der Waals surface area (Å²) in [7, 11) is 0. The van der Waals surface area contributed by atoms with Gasteiger partial charge in [-0.15, -0.1) is 0 Å². The minimum absolute atomic E-state index is 0.0416. The first kappa shape index (κ1) is 17.5. The molecule has 5 N–H and O–H groups in total. The van der Waals surface area contributed by atoms with Crippen molar-refractivity contribution in [3.8, 4) is 0 Å². The number of nitrogens with one attached hydrogen (secondary N) is 5. The Morgan fingerprint density at radius 1 is 1.42 bits per heavy atom. The average molecular weight is 360 g/mol. The fourth-order valence-corrected chi connectivity index (χ4v) is 2.78. The lowest BCUT2D eigenvalue weighted by molar-refractivity contribution is -0.125. The summed E-state index contributed by atoms with van der Waals surface area (Å²) in [5, 5.41) is 18.4. The normalized spacial score (nSPS) is 22.4. The van der Waals surface area contributed by atoms with E-state index < -0.39 is 29.2 Å². The molecule has 1 aliphatic carbocycles. The second kappa shape index (κ2) is 6.90. The van der Waals surface area contributed by atoms with Crippen molar-refractivity contribution in [1.82, 2.24) is 16.0 Å². The highest BCUT2D eigenvalue weighted by molar-refractivity contribution is 6.60. The van der Waals surface area contributed by atoms with Crippen molar-refractivity contribution in [2.45, 2.75) is 18.4 Å². The summed E-state index contributed by atoms with van der Waals surface area (Å²) >= 11 is 0. The van der Waals surface area contributed by atoms with Crippen LogP contribution < -0.4 is 21.4 Å². The van der Waals surface area contributed by atoms with Gasteiger partial charge >= 0.3 is 6.03 Å². The van der Waals surface area contributed by atoms with Crippen LogP contribution in [0.3, 0.4) is 0 Å². The third-order valence-electron chi connectivity index (χ3n) is 4.27. The van der Waals surface area contributed by atoms with Crippen molar-refractivity contribution in [1.29, 1.82) is 5.41 Å². The Labute approximate surface area is 147 Å². The molecule has 0 aromatic heterocycles. The Bertz CT molecular complexity index is 807. The van der Waals surface area contributed by atoms with Gasteiger partial charge in [0.25, 0.3) is 11.8 Å². The largest absolute Gasteiger partial charge is 0.348 e. The van der Waals surface area contributed by atoms with E-state index in [2.05, 4.69) is 26.5 Å². The van der Waals surface area contributed by atoms with Gasteiger partial charge in [-0.2, -0.15) is 5.10 Å². The summed E-state index contributed by atoms with van der Waals surface area (Å²) < 4.78 is 13.1. The molecule has 2 aliphatic rings. The molecule has 1 aliphatic heterocycles. The van der Waals surface area contributed by atoms with Gasteiger partial charge in [0.05, 0.1) is 18.4 Å². The molecule has 3 rings (SSSR count). The fourth-order valence-electron chi connectivity index (χ4n) is 2.78. The van der Waals surface area contributed by atoms with Crippen molar-refractivity contribution in [3.05, 3.63) is 30.1 Å². The van der Waals surface area contributed by atoms with Gasteiger partial charge in [-0.05, 0) is 37.0 Å². The van der Waals surface area contributed by atoms with Crippen molar-refractivity contribution in [2.24, 2.45) is 11.0 Å². The van der Waals surface area contributed by atoms with Crippen LogP contribution in [-0.2, 0) is 9.59 Å². The molecule has 2 fully saturated rings. The number of hydrazone groups is 1. The number of amides is 4. The predicted molar refractivity (Wildman–Crippen MR) is 91.4 cm³/mol. The molecule has 0 radical (unpaired) electrons. The Balaban J connectivity index is 1.65. The molecule has 1 heterocycles. The molecule has 26 heavy (non-hydrogen) atoms. The lowest BCUT2D eigenvalue weighted by atomic mass is 9.93. The molecule has 9 nitrogen and oxygen atoms in total.